The van der Waals surface area contributed by atoms with Crippen molar-refractivity contribution in [2.45, 2.75) is 12.3 Å². The molecular weight excluding hydrogens is 300 g/mol. The number of benzene rings is 2. The summed E-state index contributed by atoms with van der Waals surface area (Å²) in [6, 6.07) is 19.7. The number of likely N-dealkylation sites (N-methyl/N-ethyl adjacent to an activating group) is 1. The molecule has 0 spiro atoms. The second-order valence-corrected chi connectivity index (χ2v) is 6.14. The van der Waals surface area contributed by atoms with Crippen molar-refractivity contribution in [1.29, 1.82) is 0 Å². The van der Waals surface area contributed by atoms with E-state index in [2.05, 4.69) is 0 Å². The van der Waals surface area contributed by atoms with Gasteiger partial charge in [0.15, 0.2) is 0 Å². The molecule has 3 rings (SSSR count). The van der Waals surface area contributed by atoms with Crippen LogP contribution in [-0.4, -0.2) is 48.3 Å². The number of hydrogen-bond acceptors (Lipinski definition) is 2. The summed E-state index contributed by atoms with van der Waals surface area (Å²) in [5.74, 6) is -0.164. The van der Waals surface area contributed by atoms with Crippen LogP contribution in [0.4, 0.5) is 0 Å². The Kier molecular flexibility index (Phi) is 4.94. The normalized spacial score (nSPS) is 15.5. The van der Waals surface area contributed by atoms with Gasteiger partial charge in [-0.15, -0.1) is 0 Å². The van der Waals surface area contributed by atoms with E-state index in [9.17, 15) is 9.59 Å². The second kappa shape index (κ2) is 7.30. The van der Waals surface area contributed by atoms with Crippen LogP contribution in [0.3, 0.4) is 0 Å². The highest BCUT2D eigenvalue weighted by Crippen LogP contribution is 2.27. The molecule has 2 aromatic carbocycles. The molecule has 4 heteroatoms. The van der Waals surface area contributed by atoms with E-state index >= 15 is 0 Å². The minimum absolute atomic E-state index is 0.0653. The van der Waals surface area contributed by atoms with Crippen molar-refractivity contribution in [3.8, 4) is 0 Å². The highest BCUT2D eigenvalue weighted by atomic mass is 16.2. The zero-order valence-corrected chi connectivity index (χ0v) is 13.9. The predicted octanol–water partition coefficient (Wildman–Crippen LogP) is 2.51. The lowest BCUT2D eigenvalue weighted by Crippen LogP contribution is -2.38. The molecule has 1 fully saturated rings. The van der Waals surface area contributed by atoms with Crippen molar-refractivity contribution in [2.24, 2.45) is 0 Å². The van der Waals surface area contributed by atoms with Crippen LogP contribution < -0.4 is 0 Å². The largest absolute Gasteiger partial charge is 0.344 e. The molecule has 0 atom stereocenters. The topological polar surface area (TPSA) is 40.6 Å². The highest BCUT2D eigenvalue weighted by Gasteiger charge is 2.29. The number of nitrogens with zero attached hydrogens (tertiary/aromatic N) is 2. The molecule has 0 unspecified atom stereocenters. The van der Waals surface area contributed by atoms with E-state index in [0.717, 1.165) is 11.1 Å². The van der Waals surface area contributed by atoms with Gasteiger partial charge < -0.3 is 9.80 Å². The van der Waals surface area contributed by atoms with Crippen molar-refractivity contribution in [2.75, 3.05) is 26.7 Å². The zero-order chi connectivity index (χ0) is 16.9. The van der Waals surface area contributed by atoms with E-state index in [1.165, 1.54) is 0 Å². The second-order valence-electron chi connectivity index (χ2n) is 6.14. The molecule has 0 radical (unpaired) electrons. The number of carbonyl (C=O) groups excluding carboxylic acids is 2. The smallest absolute Gasteiger partial charge is 0.234 e. The van der Waals surface area contributed by atoms with Crippen LogP contribution in [0.25, 0.3) is 0 Å². The summed E-state index contributed by atoms with van der Waals surface area (Å²) in [6.45, 7) is 1.65. The molecule has 2 aromatic rings. The Morgan fingerprint density at radius 3 is 1.96 bits per heavy atom. The monoisotopic (exact) mass is 322 g/mol. The molecule has 0 N–H and O–H groups in total. The predicted molar refractivity (Wildman–Crippen MR) is 93.6 cm³/mol. The molecule has 2 amide bonds. The van der Waals surface area contributed by atoms with E-state index in [4.69, 9.17) is 0 Å². The van der Waals surface area contributed by atoms with Crippen molar-refractivity contribution in [1.82, 2.24) is 9.80 Å². The molecule has 0 aromatic heterocycles. The number of hydrogen-bond donors (Lipinski definition) is 0. The Bertz CT molecular complexity index is 661. The molecule has 4 nitrogen and oxygen atoms in total. The quantitative estimate of drug-likeness (QED) is 0.871. The molecule has 1 heterocycles. The maximum Gasteiger partial charge on any atom is 0.234 e. The van der Waals surface area contributed by atoms with Gasteiger partial charge in [-0.3, -0.25) is 9.59 Å². The minimum Gasteiger partial charge on any atom is -0.344 e. The first kappa shape index (κ1) is 16.2. The molecule has 0 aliphatic carbocycles. The summed E-state index contributed by atoms with van der Waals surface area (Å²) in [5, 5.41) is 0. The van der Waals surface area contributed by atoms with Crippen molar-refractivity contribution >= 4 is 11.8 Å². The van der Waals surface area contributed by atoms with E-state index in [-0.39, 0.29) is 17.7 Å². The Morgan fingerprint density at radius 1 is 0.875 bits per heavy atom. The van der Waals surface area contributed by atoms with Crippen LogP contribution in [0, 0.1) is 0 Å². The van der Waals surface area contributed by atoms with Crippen LogP contribution in [0.1, 0.15) is 23.5 Å². The van der Waals surface area contributed by atoms with E-state index in [0.29, 0.717) is 26.1 Å². The van der Waals surface area contributed by atoms with Crippen molar-refractivity contribution < 1.29 is 9.59 Å². The Morgan fingerprint density at radius 2 is 1.42 bits per heavy atom. The number of rotatable bonds is 3. The van der Waals surface area contributed by atoms with Gasteiger partial charge in [-0.1, -0.05) is 60.7 Å². The van der Waals surface area contributed by atoms with Gasteiger partial charge in [0.25, 0.3) is 0 Å². The maximum absolute atomic E-state index is 13.3. The third-order valence-corrected chi connectivity index (χ3v) is 4.55. The van der Waals surface area contributed by atoms with Gasteiger partial charge in [0.1, 0.15) is 0 Å². The first-order valence-electron chi connectivity index (χ1n) is 8.29. The standard InChI is InChI=1S/C20H22N2O2/c1-21-14-15-22(13-12-18(21)23)20(24)19(16-8-4-2-5-9-16)17-10-6-3-7-11-17/h2-11,19H,12-15H2,1H3. The summed E-state index contributed by atoms with van der Waals surface area (Å²) in [6.07, 6.45) is 0.387. The van der Waals surface area contributed by atoms with Gasteiger partial charge in [0.05, 0.1) is 5.92 Å². The first-order chi connectivity index (χ1) is 11.7. The molecule has 0 bridgehead atoms. The van der Waals surface area contributed by atoms with Gasteiger partial charge in [-0.25, -0.2) is 0 Å². The summed E-state index contributed by atoms with van der Waals surface area (Å²) in [5.41, 5.74) is 1.97. The van der Waals surface area contributed by atoms with Crippen LogP contribution >= 0.6 is 0 Å². The lowest BCUT2D eigenvalue weighted by atomic mass is 9.90. The van der Waals surface area contributed by atoms with Gasteiger partial charge in [-0.2, -0.15) is 0 Å². The Balaban J connectivity index is 1.91. The summed E-state index contributed by atoms with van der Waals surface area (Å²) >= 11 is 0. The molecule has 1 aliphatic heterocycles. The minimum atomic E-state index is -0.328. The van der Waals surface area contributed by atoms with Crippen LogP contribution in [-0.2, 0) is 9.59 Å². The van der Waals surface area contributed by atoms with E-state index in [1.807, 2.05) is 65.6 Å². The lowest BCUT2D eigenvalue weighted by molar-refractivity contribution is -0.131. The molecule has 1 saturated heterocycles. The average Bonchev–Trinajstić information content (AvgIpc) is 2.79. The van der Waals surface area contributed by atoms with Crippen molar-refractivity contribution in [3.63, 3.8) is 0 Å². The van der Waals surface area contributed by atoms with Gasteiger partial charge in [0, 0.05) is 33.1 Å². The van der Waals surface area contributed by atoms with Gasteiger partial charge >= 0.3 is 0 Å². The Labute approximate surface area is 142 Å². The molecule has 124 valence electrons. The van der Waals surface area contributed by atoms with Gasteiger partial charge in [0.2, 0.25) is 11.8 Å². The number of amides is 2. The highest BCUT2D eigenvalue weighted by molar-refractivity contribution is 5.88. The van der Waals surface area contributed by atoms with Crippen LogP contribution in [0.15, 0.2) is 60.7 Å². The lowest BCUT2D eigenvalue weighted by Gasteiger charge is -2.26. The van der Waals surface area contributed by atoms with Crippen LogP contribution in [0.2, 0.25) is 0 Å². The number of carbonyl (C=O) groups is 2. The summed E-state index contributed by atoms with van der Waals surface area (Å²) < 4.78 is 0. The SMILES string of the molecule is CN1CCN(C(=O)C(c2ccccc2)c2ccccc2)CCC1=O. The fraction of sp³-hybridized carbons (Fsp3) is 0.300. The summed E-state index contributed by atoms with van der Waals surface area (Å²) in [7, 11) is 1.79. The van der Waals surface area contributed by atoms with E-state index < -0.39 is 0 Å². The molecule has 24 heavy (non-hydrogen) atoms. The Hall–Kier alpha value is -2.62. The third-order valence-electron chi connectivity index (χ3n) is 4.55. The third kappa shape index (κ3) is 3.48. The molecule has 1 aliphatic rings. The summed E-state index contributed by atoms with van der Waals surface area (Å²) in [4.78, 5) is 28.7. The average molecular weight is 322 g/mol. The zero-order valence-electron chi connectivity index (χ0n) is 13.9. The van der Waals surface area contributed by atoms with Crippen molar-refractivity contribution in [3.05, 3.63) is 71.8 Å². The molecule has 0 saturated carbocycles. The fourth-order valence-corrected chi connectivity index (χ4v) is 3.10. The van der Waals surface area contributed by atoms with E-state index in [1.54, 1.807) is 11.9 Å². The van der Waals surface area contributed by atoms with Crippen LogP contribution in [0.5, 0.6) is 0 Å². The maximum atomic E-state index is 13.3. The fourth-order valence-electron chi connectivity index (χ4n) is 3.10. The first-order valence-corrected chi connectivity index (χ1v) is 8.29. The van der Waals surface area contributed by atoms with Gasteiger partial charge in [-0.05, 0) is 11.1 Å². The molecular formula is C20H22N2O2.